The van der Waals surface area contributed by atoms with Gasteiger partial charge < -0.3 is 20.4 Å². The van der Waals surface area contributed by atoms with E-state index in [0.717, 1.165) is 11.0 Å². The van der Waals surface area contributed by atoms with Crippen LogP contribution in [0.15, 0.2) is 23.7 Å². The molecule has 1 aromatic carbocycles. The molecule has 2 rings (SSSR count). The minimum Gasteiger partial charge on any atom is -0.400 e. The van der Waals surface area contributed by atoms with Gasteiger partial charge in [0.2, 0.25) is 0 Å². The Morgan fingerprint density at radius 1 is 1.23 bits per heavy atom. The average molecular weight is 323 g/mol. The van der Waals surface area contributed by atoms with E-state index in [1.165, 1.54) is 0 Å². The Hall–Kier alpha value is -1.01. The molecule has 0 bridgehead atoms. The van der Waals surface area contributed by atoms with Crippen LogP contribution in [0.2, 0.25) is 5.02 Å². The van der Waals surface area contributed by atoms with Crippen LogP contribution in [0, 0.1) is 0 Å². The van der Waals surface area contributed by atoms with E-state index in [4.69, 9.17) is 26.6 Å². The minimum atomic E-state index is -0.391. The van der Waals surface area contributed by atoms with Crippen molar-refractivity contribution in [2.45, 2.75) is 38.9 Å². The summed E-state index contributed by atoms with van der Waals surface area (Å²) in [6.45, 7) is 8.83. The lowest BCUT2D eigenvalue weighted by molar-refractivity contribution is 0.00578. The van der Waals surface area contributed by atoms with Gasteiger partial charge in [0.25, 0.3) is 0 Å². The van der Waals surface area contributed by atoms with Gasteiger partial charge in [-0.15, -0.1) is 0 Å². The molecule has 0 unspecified atom stereocenters. The van der Waals surface area contributed by atoms with E-state index < -0.39 is 7.12 Å². The van der Waals surface area contributed by atoms with E-state index in [2.05, 4.69) is 5.32 Å². The molecule has 0 aliphatic carbocycles. The van der Waals surface area contributed by atoms with Gasteiger partial charge in [-0.05, 0) is 64.0 Å². The van der Waals surface area contributed by atoms with Crippen molar-refractivity contribution in [2.24, 2.45) is 0 Å². The first kappa shape index (κ1) is 17.4. The SMILES string of the molecule is CNCC(=Cc1cc(N)cc(Cl)c1)B1OC(C)(C)C(C)(C)O1. The van der Waals surface area contributed by atoms with Gasteiger partial charge in [-0.3, -0.25) is 0 Å². The van der Waals surface area contributed by atoms with Crippen molar-refractivity contribution in [1.82, 2.24) is 5.32 Å². The van der Waals surface area contributed by atoms with Gasteiger partial charge in [-0.1, -0.05) is 17.7 Å². The van der Waals surface area contributed by atoms with Gasteiger partial charge in [0.05, 0.1) is 11.2 Å². The molecule has 22 heavy (non-hydrogen) atoms. The number of rotatable bonds is 4. The Morgan fingerprint density at radius 2 is 1.82 bits per heavy atom. The number of halogens is 1. The highest BCUT2D eigenvalue weighted by molar-refractivity contribution is 6.56. The highest BCUT2D eigenvalue weighted by atomic mass is 35.5. The van der Waals surface area contributed by atoms with Crippen molar-refractivity contribution in [3.63, 3.8) is 0 Å². The zero-order valence-corrected chi connectivity index (χ0v) is 14.6. The Morgan fingerprint density at radius 3 is 2.32 bits per heavy atom. The van der Waals surface area contributed by atoms with Crippen LogP contribution in [0.25, 0.3) is 6.08 Å². The zero-order valence-electron chi connectivity index (χ0n) is 13.9. The smallest absolute Gasteiger partial charge is 0.400 e. The normalized spacial score (nSPS) is 20.5. The number of hydrogen-bond donors (Lipinski definition) is 2. The molecule has 0 aromatic heterocycles. The molecule has 120 valence electrons. The summed E-state index contributed by atoms with van der Waals surface area (Å²) in [5, 5.41) is 3.77. The van der Waals surface area contributed by atoms with E-state index in [1.54, 1.807) is 6.07 Å². The molecule has 1 aliphatic rings. The largest absolute Gasteiger partial charge is 0.491 e. The lowest BCUT2D eigenvalue weighted by Gasteiger charge is -2.32. The molecule has 0 saturated carbocycles. The van der Waals surface area contributed by atoms with E-state index in [-0.39, 0.29) is 11.2 Å². The summed E-state index contributed by atoms with van der Waals surface area (Å²) < 4.78 is 12.2. The minimum absolute atomic E-state index is 0.363. The van der Waals surface area contributed by atoms with Gasteiger partial charge in [0, 0.05) is 17.3 Å². The predicted octanol–water partition coefficient (Wildman–Crippen LogP) is 3.16. The molecule has 1 aromatic rings. The average Bonchev–Trinajstić information content (AvgIpc) is 2.56. The van der Waals surface area contributed by atoms with Crippen molar-refractivity contribution in [3.05, 3.63) is 34.3 Å². The second-order valence-electron chi connectivity index (χ2n) is 6.66. The lowest BCUT2D eigenvalue weighted by Crippen LogP contribution is -2.41. The lowest BCUT2D eigenvalue weighted by atomic mass is 9.77. The Labute approximate surface area is 138 Å². The molecule has 1 saturated heterocycles. The maximum absolute atomic E-state index is 6.12. The van der Waals surface area contributed by atoms with Gasteiger partial charge in [-0.2, -0.15) is 0 Å². The molecule has 0 radical (unpaired) electrons. The topological polar surface area (TPSA) is 56.5 Å². The molecule has 1 heterocycles. The number of hydrogen-bond acceptors (Lipinski definition) is 4. The zero-order chi connectivity index (χ0) is 16.5. The van der Waals surface area contributed by atoms with Crippen molar-refractivity contribution in [3.8, 4) is 0 Å². The van der Waals surface area contributed by atoms with Crippen molar-refractivity contribution < 1.29 is 9.31 Å². The fraction of sp³-hybridized carbons (Fsp3) is 0.500. The van der Waals surface area contributed by atoms with Crippen molar-refractivity contribution in [1.29, 1.82) is 0 Å². The van der Waals surface area contributed by atoms with Crippen LogP contribution in [-0.2, 0) is 9.31 Å². The van der Waals surface area contributed by atoms with Gasteiger partial charge in [-0.25, -0.2) is 0 Å². The Balaban J connectivity index is 2.33. The van der Waals surface area contributed by atoms with E-state index in [1.807, 2.05) is 53.0 Å². The third-order valence-corrected chi connectivity index (χ3v) is 4.45. The predicted molar refractivity (Wildman–Crippen MR) is 93.9 cm³/mol. The van der Waals surface area contributed by atoms with Crippen molar-refractivity contribution >= 4 is 30.5 Å². The van der Waals surface area contributed by atoms with Gasteiger partial charge in [0.15, 0.2) is 0 Å². The fourth-order valence-electron chi connectivity index (χ4n) is 2.33. The molecular weight excluding hydrogens is 298 g/mol. The molecule has 0 spiro atoms. The first-order chi connectivity index (χ1) is 10.1. The highest BCUT2D eigenvalue weighted by Crippen LogP contribution is 2.38. The first-order valence-corrected chi connectivity index (χ1v) is 7.79. The molecule has 0 atom stereocenters. The monoisotopic (exact) mass is 322 g/mol. The number of likely N-dealkylation sites (N-methyl/N-ethyl adjacent to an activating group) is 1. The standard InChI is InChI=1S/C16H24BClN2O2/c1-15(2)16(3,4)22-17(21-15)12(10-20-5)6-11-7-13(18)9-14(19)8-11/h6-9,20H,10,19H2,1-5H3. The summed E-state index contributed by atoms with van der Waals surface area (Å²) in [4.78, 5) is 0. The third-order valence-electron chi connectivity index (χ3n) is 4.23. The molecule has 3 N–H and O–H groups in total. The molecule has 0 amide bonds. The second-order valence-corrected chi connectivity index (χ2v) is 7.09. The van der Waals surface area contributed by atoms with Crippen LogP contribution < -0.4 is 11.1 Å². The Bertz CT molecular complexity index is 551. The van der Waals surface area contributed by atoms with Crippen LogP contribution in [0.3, 0.4) is 0 Å². The highest BCUT2D eigenvalue weighted by Gasteiger charge is 2.52. The van der Waals surface area contributed by atoms with E-state index in [0.29, 0.717) is 17.3 Å². The summed E-state index contributed by atoms with van der Waals surface area (Å²) in [6.07, 6.45) is 2.01. The molecule has 4 nitrogen and oxygen atoms in total. The number of nitrogens with one attached hydrogen (secondary N) is 1. The summed E-state index contributed by atoms with van der Waals surface area (Å²) in [5.41, 5.74) is 7.70. The maximum atomic E-state index is 6.12. The Kier molecular flexibility index (Phi) is 4.92. The summed E-state index contributed by atoms with van der Waals surface area (Å²) >= 11 is 6.07. The van der Waals surface area contributed by atoms with Crippen LogP contribution in [0.4, 0.5) is 5.69 Å². The van der Waals surface area contributed by atoms with E-state index in [9.17, 15) is 0 Å². The third kappa shape index (κ3) is 3.66. The number of anilines is 1. The number of benzene rings is 1. The van der Waals surface area contributed by atoms with Crippen molar-refractivity contribution in [2.75, 3.05) is 19.3 Å². The van der Waals surface area contributed by atoms with Gasteiger partial charge >= 0.3 is 7.12 Å². The summed E-state index contributed by atoms with van der Waals surface area (Å²) in [6, 6.07) is 5.48. The van der Waals surface area contributed by atoms with E-state index >= 15 is 0 Å². The molecule has 1 aliphatic heterocycles. The maximum Gasteiger partial charge on any atom is 0.491 e. The second kappa shape index (κ2) is 6.24. The number of nitrogens with two attached hydrogens (primary N) is 1. The van der Waals surface area contributed by atoms with Gasteiger partial charge in [0.1, 0.15) is 0 Å². The van der Waals surface area contributed by atoms with Crippen LogP contribution >= 0.6 is 11.6 Å². The van der Waals surface area contributed by atoms with Crippen LogP contribution in [-0.4, -0.2) is 31.9 Å². The van der Waals surface area contributed by atoms with Crippen LogP contribution in [0.1, 0.15) is 33.3 Å². The fourth-order valence-corrected chi connectivity index (χ4v) is 2.59. The first-order valence-electron chi connectivity index (χ1n) is 7.41. The van der Waals surface area contributed by atoms with Crippen LogP contribution in [0.5, 0.6) is 0 Å². The summed E-state index contributed by atoms with van der Waals surface area (Å²) in [7, 11) is 1.50. The summed E-state index contributed by atoms with van der Waals surface area (Å²) in [5.74, 6) is 0. The molecule has 1 fully saturated rings. The molecular formula is C16H24BClN2O2. The molecule has 6 heteroatoms. The quantitative estimate of drug-likeness (QED) is 0.660. The number of nitrogen functional groups attached to an aromatic ring is 1.